The minimum atomic E-state index is -0.504. The second-order valence-electron chi connectivity index (χ2n) is 5.46. The van der Waals surface area contributed by atoms with Crippen LogP contribution in [0.2, 0.25) is 0 Å². The Bertz CT molecular complexity index is 482. The lowest BCUT2D eigenvalue weighted by atomic mass is 9.93. The number of ether oxygens (including phenoxy) is 2. The predicted molar refractivity (Wildman–Crippen MR) is 74.5 cm³/mol. The highest BCUT2D eigenvalue weighted by molar-refractivity contribution is 5.99. The quantitative estimate of drug-likeness (QED) is 0.841. The molecule has 1 aromatic carbocycles. The van der Waals surface area contributed by atoms with Crippen molar-refractivity contribution in [3.63, 3.8) is 0 Å². The van der Waals surface area contributed by atoms with Gasteiger partial charge in [-0.3, -0.25) is 4.79 Å². The fourth-order valence-corrected chi connectivity index (χ4v) is 2.26. The lowest BCUT2D eigenvalue weighted by Gasteiger charge is -2.26. The van der Waals surface area contributed by atoms with Crippen LogP contribution in [0.5, 0.6) is 5.75 Å². The molecule has 1 aliphatic rings. The Labute approximate surface area is 114 Å². The van der Waals surface area contributed by atoms with Crippen LogP contribution in [0, 0.1) is 5.41 Å². The summed E-state index contributed by atoms with van der Waals surface area (Å²) in [7, 11) is 1.66. The summed E-state index contributed by atoms with van der Waals surface area (Å²) in [4.78, 5) is 14.3. The molecular formula is C15H21NO3. The van der Waals surface area contributed by atoms with Gasteiger partial charge in [-0.2, -0.15) is 0 Å². The Hall–Kier alpha value is -1.55. The number of methoxy groups -OCH3 is 1. The summed E-state index contributed by atoms with van der Waals surface area (Å²) < 4.78 is 11.0. The van der Waals surface area contributed by atoms with E-state index in [0.29, 0.717) is 19.8 Å². The van der Waals surface area contributed by atoms with Gasteiger partial charge >= 0.3 is 0 Å². The number of hydrogen-bond acceptors (Lipinski definition) is 3. The molecule has 2 rings (SSSR count). The fourth-order valence-electron chi connectivity index (χ4n) is 2.26. The molecule has 0 radical (unpaired) electrons. The molecular weight excluding hydrogens is 242 g/mol. The molecule has 0 bridgehead atoms. The molecule has 0 saturated carbocycles. The number of hydrogen-bond donors (Lipinski definition) is 0. The number of fused-ring (bicyclic) bond motifs is 1. The van der Waals surface area contributed by atoms with Crippen LogP contribution in [-0.2, 0) is 16.1 Å². The van der Waals surface area contributed by atoms with E-state index in [1.54, 1.807) is 12.0 Å². The molecule has 0 fully saturated rings. The van der Waals surface area contributed by atoms with Crippen LogP contribution in [0.4, 0.5) is 5.69 Å². The van der Waals surface area contributed by atoms with Crippen molar-refractivity contribution in [2.24, 2.45) is 5.41 Å². The van der Waals surface area contributed by atoms with Gasteiger partial charge in [0, 0.05) is 13.7 Å². The predicted octanol–water partition coefficient (Wildman–Crippen LogP) is 2.60. The largest absolute Gasteiger partial charge is 0.490 e. The van der Waals surface area contributed by atoms with Crippen LogP contribution in [0.25, 0.3) is 0 Å². The summed E-state index contributed by atoms with van der Waals surface area (Å²) in [5, 5.41) is 0. The number of nitrogens with zero attached hydrogens (tertiary/aromatic N) is 1. The van der Waals surface area contributed by atoms with E-state index in [0.717, 1.165) is 17.0 Å². The Morgan fingerprint density at radius 3 is 2.79 bits per heavy atom. The molecule has 0 N–H and O–H groups in total. The third kappa shape index (κ3) is 2.59. The van der Waals surface area contributed by atoms with Crippen LogP contribution in [0.3, 0.4) is 0 Å². The van der Waals surface area contributed by atoms with Gasteiger partial charge in [0.15, 0.2) is 0 Å². The fraction of sp³-hybridized carbons (Fsp3) is 0.533. The SMILES string of the molecule is CCN1C(=O)C(C)(C)COc2cc(COC)ccc21. The first-order chi connectivity index (χ1) is 8.99. The maximum absolute atomic E-state index is 12.5. The Morgan fingerprint density at radius 1 is 1.42 bits per heavy atom. The van der Waals surface area contributed by atoms with Crippen molar-refractivity contribution < 1.29 is 14.3 Å². The summed E-state index contributed by atoms with van der Waals surface area (Å²) in [5.41, 5.74) is 1.39. The van der Waals surface area contributed by atoms with Gasteiger partial charge in [-0.05, 0) is 38.5 Å². The van der Waals surface area contributed by atoms with E-state index in [1.165, 1.54) is 0 Å². The van der Waals surface area contributed by atoms with Gasteiger partial charge in [-0.25, -0.2) is 0 Å². The highest BCUT2D eigenvalue weighted by Crippen LogP contribution is 2.36. The molecule has 0 unspecified atom stereocenters. The molecule has 0 saturated heterocycles. The lowest BCUT2D eigenvalue weighted by Crippen LogP contribution is -2.42. The lowest BCUT2D eigenvalue weighted by molar-refractivity contribution is -0.127. The Kier molecular flexibility index (Phi) is 3.80. The molecule has 0 aromatic heterocycles. The molecule has 104 valence electrons. The van der Waals surface area contributed by atoms with Crippen molar-refractivity contribution in [3.8, 4) is 5.75 Å². The molecule has 1 amide bonds. The zero-order valence-electron chi connectivity index (χ0n) is 12.0. The van der Waals surface area contributed by atoms with Crippen LogP contribution in [0.15, 0.2) is 18.2 Å². The number of anilines is 1. The molecule has 4 nitrogen and oxygen atoms in total. The Balaban J connectivity index is 2.44. The zero-order chi connectivity index (χ0) is 14.0. The molecule has 1 aliphatic heterocycles. The minimum Gasteiger partial charge on any atom is -0.490 e. The third-order valence-electron chi connectivity index (χ3n) is 3.35. The molecule has 19 heavy (non-hydrogen) atoms. The smallest absolute Gasteiger partial charge is 0.236 e. The molecule has 0 atom stereocenters. The highest BCUT2D eigenvalue weighted by Gasteiger charge is 2.37. The molecule has 4 heteroatoms. The third-order valence-corrected chi connectivity index (χ3v) is 3.35. The molecule has 1 heterocycles. The van der Waals surface area contributed by atoms with Gasteiger partial charge in [0.25, 0.3) is 0 Å². The van der Waals surface area contributed by atoms with Crippen LogP contribution in [-0.4, -0.2) is 26.2 Å². The van der Waals surface area contributed by atoms with Gasteiger partial charge in [-0.1, -0.05) is 6.07 Å². The minimum absolute atomic E-state index is 0.105. The summed E-state index contributed by atoms with van der Waals surface area (Å²) in [6.45, 7) is 7.39. The van der Waals surface area contributed by atoms with Crippen LogP contribution < -0.4 is 9.64 Å². The van der Waals surface area contributed by atoms with Crippen molar-refractivity contribution in [2.45, 2.75) is 27.4 Å². The molecule has 1 aromatic rings. The summed E-state index contributed by atoms with van der Waals surface area (Å²) in [6.07, 6.45) is 0. The van der Waals surface area contributed by atoms with Crippen molar-refractivity contribution in [2.75, 3.05) is 25.2 Å². The van der Waals surface area contributed by atoms with Crippen LogP contribution >= 0.6 is 0 Å². The molecule has 0 spiro atoms. The van der Waals surface area contributed by atoms with Gasteiger partial charge in [-0.15, -0.1) is 0 Å². The second-order valence-corrected chi connectivity index (χ2v) is 5.46. The van der Waals surface area contributed by atoms with E-state index in [4.69, 9.17) is 9.47 Å². The van der Waals surface area contributed by atoms with E-state index in [2.05, 4.69) is 0 Å². The van der Waals surface area contributed by atoms with E-state index in [-0.39, 0.29) is 5.91 Å². The highest BCUT2D eigenvalue weighted by atomic mass is 16.5. The summed E-state index contributed by atoms with van der Waals surface area (Å²) in [5.74, 6) is 0.864. The van der Waals surface area contributed by atoms with Gasteiger partial charge in [0.05, 0.1) is 17.7 Å². The number of amides is 1. The molecule has 0 aliphatic carbocycles. The van der Waals surface area contributed by atoms with Crippen molar-refractivity contribution in [1.29, 1.82) is 0 Å². The van der Waals surface area contributed by atoms with E-state index in [1.807, 2.05) is 39.0 Å². The van der Waals surface area contributed by atoms with Crippen molar-refractivity contribution in [3.05, 3.63) is 23.8 Å². The summed E-state index contributed by atoms with van der Waals surface area (Å²) >= 11 is 0. The number of carbonyl (C=O) groups excluding carboxylic acids is 1. The first-order valence-electron chi connectivity index (χ1n) is 6.56. The van der Waals surface area contributed by atoms with Gasteiger partial charge in [0.1, 0.15) is 12.4 Å². The number of carbonyl (C=O) groups is 1. The van der Waals surface area contributed by atoms with E-state index in [9.17, 15) is 4.79 Å². The summed E-state index contributed by atoms with van der Waals surface area (Å²) in [6, 6.07) is 5.86. The standard InChI is InChI=1S/C15H21NO3/c1-5-16-12-7-6-11(9-18-4)8-13(12)19-10-15(2,3)14(16)17/h6-8H,5,9-10H2,1-4H3. The topological polar surface area (TPSA) is 38.8 Å². The monoisotopic (exact) mass is 263 g/mol. The van der Waals surface area contributed by atoms with E-state index >= 15 is 0 Å². The Morgan fingerprint density at radius 2 is 2.16 bits per heavy atom. The average Bonchev–Trinajstić information content (AvgIpc) is 2.47. The maximum atomic E-state index is 12.5. The first kappa shape index (κ1) is 13.9. The first-order valence-corrected chi connectivity index (χ1v) is 6.56. The zero-order valence-corrected chi connectivity index (χ0v) is 12.0. The second kappa shape index (κ2) is 5.21. The average molecular weight is 263 g/mol. The van der Waals surface area contributed by atoms with Gasteiger partial charge in [0.2, 0.25) is 5.91 Å². The maximum Gasteiger partial charge on any atom is 0.236 e. The van der Waals surface area contributed by atoms with E-state index < -0.39 is 5.41 Å². The normalized spacial score (nSPS) is 17.7. The number of rotatable bonds is 3. The van der Waals surface area contributed by atoms with Crippen LogP contribution in [0.1, 0.15) is 26.3 Å². The van der Waals surface area contributed by atoms with Gasteiger partial charge < -0.3 is 14.4 Å². The van der Waals surface area contributed by atoms with Crippen molar-refractivity contribution in [1.82, 2.24) is 0 Å². The number of benzene rings is 1. The van der Waals surface area contributed by atoms with Crippen molar-refractivity contribution >= 4 is 11.6 Å².